The number of aliphatic hydroxyl groups is 1. The maximum atomic E-state index is 13.4. The first kappa shape index (κ1) is 29.1. The Morgan fingerprint density at radius 3 is 1.95 bits per heavy atom. The van der Waals surface area contributed by atoms with E-state index >= 15 is 0 Å². The van der Waals surface area contributed by atoms with Gasteiger partial charge in [-0.2, -0.15) is 0 Å². The Kier molecular flexibility index (Phi) is 8.52. The normalized spacial score (nSPS) is 24.4. The van der Waals surface area contributed by atoms with Gasteiger partial charge in [0.25, 0.3) is 5.60 Å². The molecule has 11 heteroatoms. The standard InChI is InChI=1S/C32H26N2O9/c1-2-32(43-29(38)23-16-10-5-11-17-23)26(42-28(37)22-14-8-4-9-15-22)24(20-40-27(36)21-12-6-3-7-13-21)41-30(32)34-19-18-25(35)33-31(34)39/h1,3-19,24,26,30-31,39H,20H2,(H,33,35)/t24-,26-,30-,31?,32-/m1/s1. The van der Waals surface area contributed by atoms with Crippen molar-refractivity contribution in [3.8, 4) is 12.3 Å². The van der Waals surface area contributed by atoms with Crippen molar-refractivity contribution in [3.05, 3.63) is 120 Å². The third-order valence-electron chi connectivity index (χ3n) is 6.78. The van der Waals surface area contributed by atoms with Gasteiger partial charge in [0.05, 0.1) is 16.7 Å². The van der Waals surface area contributed by atoms with Crippen LogP contribution in [0.1, 0.15) is 31.1 Å². The number of rotatable bonds is 8. The van der Waals surface area contributed by atoms with Crippen molar-refractivity contribution in [2.75, 3.05) is 6.61 Å². The zero-order valence-electron chi connectivity index (χ0n) is 22.6. The zero-order valence-corrected chi connectivity index (χ0v) is 22.6. The van der Waals surface area contributed by atoms with E-state index < -0.39 is 60.8 Å². The summed E-state index contributed by atoms with van der Waals surface area (Å²) in [4.78, 5) is 52.5. The molecule has 0 aromatic heterocycles. The van der Waals surface area contributed by atoms with E-state index in [0.717, 1.165) is 11.0 Å². The summed E-state index contributed by atoms with van der Waals surface area (Å²) >= 11 is 0. The van der Waals surface area contributed by atoms with Gasteiger partial charge < -0.3 is 34.3 Å². The molecule has 2 heterocycles. The number of hydrogen-bond acceptors (Lipinski definition) is 10. The second-order valence-electron chi connectivity index (χ2n) is 9.52. The molecule has 3 aromatic rings. The number of amides is 1. The zero-order chi connectivity index (χ0) is 30.4. The van der Waals surface area contributed by atoms with Gasteiger partial charge >= 0.3 is 17.9 Å². The first-order chi connectivity index (χ1) is 20.8. The van der Waals surface area contributed by atoms with E-state index in [-0.39, 0.29) is 16.7 Å². The molecule has 5 atom stereocenters. The molecule has 1 unspecified atom stereocenters. The van der Waals surface area contributed by atoms with E-state index in [1.54, 1.807) is 66.7 Å². The van der Waals surface area contributed by atoms with Gasteiger partial charge in [-0.25, -0.2) is 14.4 Å². The summed E-state index contributed by atoms with van der Waals surface area (Å²) in [7, 11) is 0. The number of terminal acetylenes is 1. The number of hydrogen-bond donors (Lipinski definition) is 2. The average molecular weight is 583 g/mol. The highest BCUT2D eigenvalue weighted by Crippen LogP contribution is 2.40. The van der Waals surface area contributed by atoms with Crippen LogP contribution < -0.4 is 5.32 Å². The van der Waals surface area contributed by atoms with Gasteiger partial charge in [0, 0.05) is 12.3 Å². The first-order valence-corrected chi connectivity index (χ1v) is 13.2. The summed E-state index contributed by atoms with van der Waals surface area (Å²) < 4.78 is 23.5. The second kappa shape index (κ2) is 12.6. The molecule has 2 aliphatic rings. The summed E-state index contributed by atoms with van der Waals surface area (Å²) in [6.45, 7) is -0.483. The lowest BCUT2D eigenvalue weighted by Crippen LogP contribution is -2.62. The Morgan fingerprint density at radius 1 is 0.884 bits per heavy atom. The van der Waals surface area contributed by atoms with Gasteiger partial charge in [0.2, 0.25) is 12.3 Å². The van der Waals surface area contributed by atoms with E-state index in [1.807, 2.05) is 0 Å². The Balaban J connectivity index is 1.55. The van der Waals surface area contributed by atoms with Crippen molar-refractivity contribution in [2.45, 2.75) is 30.4 Å². The highest BCUT2D eigenvalue weighted by molar-refractivity contribution is 5.91. The molecule has 0 bridgehead atoms. The predicted octanol–water partition coefficient (Wildman–Crippen LogP) is 2.24. The van der Waals surface area contributed by atoms with Crippen LogP contribution in [-0.4, -0.2) is 70.8 Å². The van der Waals surface area contributed by atoms with Crippen molar-refractivity contribution in [1.29, 1.82) is 0 Å². The van der Waals surface area contributed by atoms with Gasteiger partial charge in [0.1, 0.15) is 12.7 Å². The van der Waals surface area contributed by atoms with E-state index in [1.165, 1.54) is 30.5 Å². The summed E-state index contributed by atoms with van der Waals surface area (Å²) in [5.74, 6) is -0.576. The SMILES string of the molecule is C#C[C@@]1(OC(=O)c2ccccc2)[C@H](OC(=O)c2ccccc2)[C@@H](COC(=O)c2ccccc2)O[C@H]1N1C=CC(=O)NC1O. The lowest BCUT2D eigenvalue weighted by molar-refractivity contribution is -0.165. The fraction of sp³-hybridized carbons (Fsp3) is 0.188. The largest absolute Gasteiger partial charge is 0.459 e. The Hall–Kier alpha value is -5.44. The van der Waals surface area contributed by atoms with Crippen LogP contribution in [0.3, 0.4) is 0 Å². The van der Waals surface area contributed by atoms with Gasteiger partial charge in [-0.05, 0) is 36.4 Å². The molecule has 1 fully saturated rings. The quantitative estimate of drug-likeness (QED) is 0.231. The predicted molar refractivity (Wildman–Crippen MR) is 150 cm³/mol. The molecule has 2 aliphatic heterocycles. The topological polar surface area (TPSA) is 141 Å². The molecule has 0 aliphatic carbocycles. The molecule has 0 spiro atoms. The highest BCUT2D eigenvalue weighted by Gasteiger charge is 2.64. The third kappa shape index (κ3) is 6.11. The summed E-state index contributed by atoms with van der Waals surface area (Å²) in [5, 5.41) is 13.0. The fourth-order valence-corrected chi connectivity index (χ4v) is 4.68. The van der Waals surface area contributed by atoms with Gasteiger partial charge in [-0.3, -0.25) is 4.79 Å². The number of nitrogens with one attached hydrogen (secondary N) is 1. The summed E-state index contributed by atoms with van der Waals surface area (Å²) in [6, 6.07) is 24.1. The maximum absolute atomic E-state index is 13.4. The molecule has 218 valence electrons. The number of esters is 3. The number of ether oxygens (including phenoxy) is 4. The van der Waals surface area contributed by atoms with Crippen LogP contribution in [-0.2, 0) is 23.7 Å². The first-order valence-electron chi connectivity index (χ1n) is 13.2. The molecule has 2 N–H and O–H groups in total. The molecule has 3 aromatic carbocycles. The van der Waals surface area contributed by atoms with Crippen LogP contribution in [0.15, 0.2) is 103 Å². The van der Waals surface area contributed by atoms with Crippen molar-refractivity contribution in [1.82, 2.24) is 10.2 Å². The minimum Gasteiger partial charge on any atom is -0.459 e. The van der Waals surface area contributed by atoms with Crippen LogP contribution in [0.2, 0.25) is 0 Å². The minimum absolute atomic E-state index is 0.131. The number of nitrogens with zero attached hydrogens (tertiary/aromatic N) is 1. The minimum atomic E-state index is -2.21. The fourth-order valence-electron chi connectivity index (χ4n) is 4.68. The maximum Gasteiger partial charge on any atom is 0.339 e. The van der Waals surface area contributed by atoms with Crippen molar-refractivity contribution < 1.29 is 43.2 Å². The summed E-state index contributed by atoms with van der Waals surface area (Å²) in [5.41, 5.74) is -1.66. The smallest absolute Gasteiger partial charge is 0.339 e. The summed E-state index contributed by atoms with van der Waals surface area (Å²) in [6.07, 6.45) is 2.33. The van der Waals surface area contributed by atoms with Gasteiger partial charge in [0.15, 0.2) is 12.3 Å². The number of carbonyl (C=O) groups is 4. The molecule has 0 saturated carbocycles. The van der Waals surface area contributed by atoms with E-state index in [2.05, 4.69) is 11.2 Å². The number of aliphatic hydroxyl groups excluding tert-OH is 1. The number of benzene rings is 3. The Labute approximate surface area is 246 Å². The van der Waals surface area contributed by atoms with Crippen LogP contribution in [0.4, 0.5) is 0 Å². The average Bonchev–Trinajstić information content (AvgIpc) is 3.33. The van der Waals surface area contributed by atoms with E-state index in [0.29, 0.717) is 0 Å². The van der Waals surface area contributed by atoms with Crippen LogP contribution in [0.25, 0.3) is 0 Å². The van der Waals surface area contributed by atoms with Crippen molar-refractivity contribution >= 4 is 23.8 Å². The molecule has 1 saturated heterocycles. The van der Waals surface area contributed by atoms with Crippen molar-refractivity contribution in [2.24, 2.45) is 0 Å². The van der Waals surface area contributed by atoms with Crippen molar-refractivity contribution in [3.63, 3.8) is 0 Å². The molecule has 5 rings (SSSR count). The van der Waals surface area contributed by atoms with Crippen LogP contribution in [0, 0.1) is 12.3 Å². The molecular weight excluding hydrogens is 556 g/mol. The third-order valence-corrected chi connectivity index (χ3v) is 6.78. The highest BCUT2D eigenvalue weighted by atomic mass is 16.7. The van der Waals surface area contributed by atoms with Crippen LogP contribution >= 0.6 is 0 Å². The molecule has 11 nitrogen and oxygen atoms in total. The Bertz CT molecular complexity index is 1560. The van der Waals surface area contributed by atoms with Gasteiger partial charge in [-0.15, -0.1) is 6.42 Å². The second-order valence-corrected chi connectivity index (χ2v) is 9.52. The molecule has 43 heavy (non-hydrogen) atoms. The van der Waals surface area contributed by atoms with Gasteiger partial charge in [-0.1, -0.05) is 60.5 Å². The Morgan fingerprint density at radius 2 is 1.42 bits per heavy atom. The van der Waals surface area contributed by atoms with Crippen LogP contribution in [0.5, 0.6) is 0 Å². The lowest BCUT2D eigenvalue weighted by Gasteiger charge is -2.40. The van der Waals surface area contributed by atoms with E-state index in [4.69, 9.17) is 25.4 Å². The monoisotopic (exact) mass is 582 g/mol. The lowest BCUT2D eigenvalue weighted by atomic mass is 9.93. The molecular formula is C32H26N2O9. The number of carbonyl (C=O) groups excluding carboxylic acids is 4. The molecule has 0 radical (unpaired) electrons. The van der Waals surface area contributed by atoms with E-state index in [9.17, 15) is 24.3 Å². The molecule has 1 amide bonds.